The molecule has 20 heteroatoms. The summed E-state index contributed by atoms with van der Waals surface area (Å²) in [5, 5.41) is 33.1. The van der Waals surface area contributed by atoms with Crippen molar-refractivity contribution >= 4 is 46.2 Å². The van der Waals surface area contributed by atoms with Crippen molar-refractivity contribution in [2.24, 2.45) is 0 Å². The Kier molecular flexibility index (Phi) is 12.6. The first-order chi connectivity index (χ1) is 22.5. The molecular weight excluding hydrogens is 690 g/mol. The number of dihydropyridines is 1. The predicted octanol–water partition coefficient (Wildman–Crippen LogP) is 5.30. The van der Waals surface area contributed by atoms with E-state index in [9.17, 15) is 31.8 Å². The fraction of sp³-hybridized carbons (Fsp3) is 0.379. The van der Waals surface area contributed by atoms with Crippen molar-refractivity contribution in [2.45, 2.75) is 51.6 Å². The number of anilines is 1. The first kappa shape index (κ1) is 40.1. The summed E-state index contributed by atoms with van der Waals surface area (Å²) in [6.45, 7) is 8.36. The van der Waals surface area contributed by atoms with Crippen LogP contribution in [0.15, 0.2) is 47.4 Å². The van der Waals surface area contributed by atoms with Crippen LogP contribution in [0, 0.1) is 19.3 Å². The number of carboxylic acid groups (broad SMARTS) is 2. The van der Waals surface area contributed by atoms with Crippen LogP contribution < -0.4 is 15.8 Å². The first-order valence-electron chi connectivity index (χ1n) is 13.9. The van der Waals surface area contributed by atoms with Gasteiger partial charge in [0.25, 0.3) is 0 Å². The van der Waals surface area contributed by atoms with Gasteiger partial charge in [0, 0.05) is 25.9 Å². The zero-order valence-electron chi connectivity index (χ0n) is 26.8. The Balaban J connectivity index is 0.000000500. The van der Waals surface area contributed by atoms with E-state index in [2.05, 4.69) is 15.3 Å². The summed E-state index contributed by atoms with van der Waals surface area (Å²) in [5.41, 5.74) is 9.07. The van der Waals surface area contributed by atoms with E-state index in [0.29, 0.717) is 40.1 Å². The van der Waals surface area contributed by atoms with Crippen LogP contribution in [-0.2, 0) is 15.1 Å². The number of aliphatic carboxylic acids is 2. The quantitative estimate of drug-likeness (QED) is 0.126. The van der Waals surface area contributed by atoms with Gasteiger partial charge in [-0.3, -0.25) is 5.41 Å². The molecule has 6 N–H and O–H groups in total. The molecule has 0 spiro atoms. The highest BCUT2D eigenvalue weighted by Crippen LogP contribution is 2.46. The fourth-order valence-corrected chi connectivity index (χ4v) is 5.01. The minimum Gasteiger partial charge on any atom is -0.493 e. The second-order valence-electron chi connectivity index (χ2n) is 10.4. The molecule has 268 valence electrons. The molecule has 1 aromatic carbocycles. The number of hydrogen-bond acceptors (Lipinski definition) is 9. The number of fused-ring (bicyclic) bond motifs is 1. The zero-order valence-corrected chi connectivity index (χ0v) is 27.6. The fourth-order valence-electron chi connectivity index (χ4n) is 4.84. The van der Waals surface area contributed by atoms with Crippen molar-refractivity contribution in [1.29, 1.82) is 5.41 Å². The van der Waals surface area contributed by atoms with Gasteiger partial charge >= 0.3 is 24.3 Å². The molecule has 2 aromatic heterocycles. The second-order valence-corrected chi connectivity index (χ2v) is 10.9. The van der Waals surface area contributed by atoms with Gasteiger partial charge < -0.3 is 30.9 Å². The van der Waals surface area contributed by atoms with Crippen molar-refractivity contribution in [3.8, 4) is 5.75 Å². The number of nitrogens with two attached hydrogens (primary N) is 1. The summed E-state index contributed by atoms with van der Waals surface area (Å²) in [4.78, 5) is 28.2. The SMILES string of the molecule is CCOc1cccc(C)c1C1(C(=N)N(C)C)NC=C(Cl)C=C1C(C)n1nc(C)c2c(N)ncnc21.O=C(O)C(F)(F)F.O=C(O)C(F)(F)F. The number of ether oxygens (including phenoxy) is 1. The number of carbonyl (C=O) groups is 2. The Morgan fingerprint density at radius 3 is 2.16 bits per heavy atom. The topological polar surface area (TPSA) is 193 Å². The third kappa shape index (κ3) is 8.89. The number of carboxylic acids is 2. The van der Waals surface area contributed by atoms with Gasteiger partial charge in [-0.2, -0.15) is 31.4 Å². The Bertz CT molecular complexity index is 1750. The Morgan fingerprint density at radius 1 is 1.12 bits per heavy atom. The molecule has 0 bridgehead atoms. The van der Waals surface area contributed by atoms with E-state index in [-0.39, 0.29) is 6.04 Å². The molecule has 3 aromatic rings. The van der Waals surface area contributed by atoms with Gasteiger partial charge in [0.1, 0.15) is 29.3 Å². The molecule has 0 amide bonds. The van der Waals surface area contributed by atoms with E-state index in [1.807, 2.05) is 70.7 Å². The minimum atomic E-state index is -5.08. The van der Waals surface area contributed by atoms with E-state index >= 15 is 0 Å². The molecule has 0 saturated heterocycles. The number of aromatic nitrogens is 4. The van der Waals surface area contributed by atoms with Gasteiger partial charge in [0.2, 0.25) is 0 Å². The van der Waals surface area contributed by atoms with Gasteiger partial charge in [-0.1, -0.05) is 23.7 Å². The van der Waals surface area contributed by atoms with E-state index in [1.165, 1.54) is 6.33 Å². The molecule has 1 aliphatic heterocycles. The van der Waals surface area contributed by atoms with Gasteiger partial charge in [-0.15, -0.1) is 0 Å². The number of amidine groups is 1. The largest absolute Gasteiger partial charge is 0.493 e. The van der Waals surface area contributed by atoms with Gasteiger partial charge in [-0.05, 0) is 51.0 Å². The Labute approximate surface area is 280 Å². The Hall–Kier alpha value is -5.07. The number of nitrogens with zero attached hydrogens (tertiary/aromatic N) is 5. The molecule has 4 rings (SSSR count). The van der Waals surface area contributed by atoms with E-state index in [0.717, 1.165) is 22.4 Å². The molecule has 2 unspecified atom stereocenters. The number of allylic oxidation sites excluding steroid dienone is 2. The third-order valence-corrected chi connectivity index (χ3v) is 7.08. The van der Waals surface area contributed by atoms with Crippen LogP contribution in [-0.4, -0.2) is 85.7 Å². The lowest BCUT2D eigenvalue weighted by atomic mass is 9.74. The third-order valence-electron chi connectivity index (χ3n) is 6.86. The zero-order chi connectivity index (χ0) is 37.6. The number of hydrogen-bond donors (Lipinski definition) is 5. The maximum atomic E-state index is 10.6. The van der Waals surface area contributed by atoms with Gasteiger partial charge in [-0.25, -0.2) is 24.2 Å². The summed E-state index contributed by atoms with van der Waals surface area (Å²) < 4.78 is 71.4. The van der Waals surface area contributed by atoms with Crippen molar-refractivity contribution in [3.05, 3.63) is 64.2 Å². The van der Waals surface area contributed by atoms with Crippen LogP contribution in [0.2, 0.25) is 0 Å². The highest BCUT2D eigenvalue weighted by molar-refractivity contribution is 6.31. The van der Waals surface area contributed by atoms with Crippen LogP contribution in [0.5, 0.6) is 5.75 Å². The number of alkyl halides is 6. The number of nitrogen functional groups attached to an aromatic ring is 1. The van der Waals surface area contributed by atoms with E-state index < -0.39 is 29.8 Å². The summed E-state index contributed by atoms with van der Waals surface area (Å²) in [5.74, 6) is -4.11. The molecule has 0 radical (unpaired) electrons. The number of halogens is 7. The molecule has 0 saturated carbocycles. The molecule has 49 heavy (non-hydrogen) atoms. The van der Waals surface area contributed by atoms with Crippen LogP contribution in [0.4, 0.5) is 32.2 Å². The van der Waals surface area contributed by atoms with Crippen molar-refractivity contribution in [3.63, 3.8) is 0 Å². The number of aryl methyl sites for hydroxylation is 2. The van der Waals surface area contributed by atoms with Crippen LogP contribution in [0.1, 0.15) is 36.7 Å². The second kappa shape index (κ2) is 15.4. The summed E-state index contributed by atoms with van der Waals surface area (Å²) in [6.07, 6.45) is -5.10. The summed E-state index contributed by atoms with van der Waals surface area (Å²) >= 11 is 6.56. The molecule has 0 aliphatic carbocycles. The van der Waals surface area contributed by atoms with Crippen molar-refractivity contribution in [1.82, 2.24) is 30.0 Å². The number of nitrogens with one attached hydrogen (secondary N) is 2. The molecule has 2 atom stereocenters. The highest BCUT2D eigenvalue weighted by Gasteiger charge is 2.48. The minimum absolute atomic E-state index is 0.327. The molecule has 13 nitrogen and oxygen atoms in total. The van der Waals surface area contributed by atoms with Gasteiger partial charge in [0.05, 0.1) is 28.8 Å². The number of likely N-dealkylation sites (N-methyl/N-ethyl adjacent to an activating group) is 1. The first-order valence-corrected chi connectivity index (χ1v) is 14.3. The van der Waals surface area contributed by atoms with Crippen LogP contribution in [0.25, 0.3) is 11.0 Å². The Morgan fingerprint density at radius 2 is 1.67 bits per heavy atom. The molecule has 1 aliphatic rings. The lowest BCUT2D eigenvalue weighted by molar-refractivity contribution is -0.193. The van der Waals surface area contributed by atoms with Crippen LogP contribution >= 0.6 is 11.6 Å². The molecule has 3 heterocycles. The van der Waals surface area contributed by atoms with Gasteiger partial charge in [0.15, 0.2) is 5.65 Å². The maximum Gasteiger partial charge on any atom is 0.490 e. The summed E-state index contributed by atoms with van der Waals surface area (Å²) in [6, 6.07) is 5.56. The average Bonchev–Trinajstić information content (AvgIpc) is 3.34. The monoisotopic (exact) mass is 722 g/mol. The molecular formula is C29H33ClF6N8O5. The predicted molar refractivity (Wildman–Crippen MR) is 167 cm³/mol. The van der Waals surface area contributed by atoms with Crippen LogP contribution in [0.3, 0.4) is 0 Å². The standard InChI is InChI=1S/C25H31ClN8O.2C2HF3O2/c1-7-35-19-10-8-9-14(2)21(19)25(24(28)33(5)6)18(11-17(26)12-31-25)16(4)34-23-20(15(3)32-34)22(27)29-13-30-23;2*3-2(4,5)1(6)7/h8-13,16,28,31H,7H2,1-6H3,(H2,27,29,30);2*(H,6,7). The van der Waals surface area contributed by atoms with Crippen molar-refractivity contribution in [2.75, 3.05) is 26.4 Å². The average molecular weight is 723 g/mol. The summed E-state index contributed by atoms with van der Waals surface area (Å²) in [7, 11) is 3.71. The normalized spacial score (nSPS) is 16.4. The smallest absolute Gasteiger partial charge is 0.490 e. The maximum absolute atomic E-state index is 10.6. The number of benzene rings is 1. The van der Waals surface area contributed by atoms with E-state index in [4.69, 9.17) is 47.0 Å². The lowest BCUT2D eigenvalue weighted by Gasteiger charge is -2.44. The van der Waals surface area contributed by atoms with Crippen molar-refractivity contribution < 1.29 is 50.9 Å². The highest BCUT2D eigenvalue weighted by atomic mass is 35.5. The van der Waals surface area contributed by atoms with E-state index in [1.54, 1.807) is 11.1 Å². The molecule has 0 fully saturated rings. The number of rotatable bonds is 6. The lowest BCUT2D eigenvalue weighted by Crippen LogP contribution is -2.56.